The third kappa shape index (κ3) is 7.23. The zero-order valence-corrected chi connectivity index (χ0v) is 24.5. The number of allylic oxidation sites excluding steroid dienone is 3. The van der Waals surface area contributed by atoms with E-state index < -0.39 is 0 Å². The Hall–Kier alpha value is -2.18. The van der Waals surface area contributed by atoms with Gasteiger partial charge in [0.15, 0.2) is 0 Å². The van der Waals surface area contributed by atoms with Crippen LogP contribution in [0.3, 0.4) is 0 Å². The van der Waals surface area contributed by atoms with E-state index in [4.69, 9.17) is 0 Å². The number of likely N-dealkylation sites (tertiary alicyclic amines) is 1. The van der Waals surface area contributed by atoms with E-state index in [1.54, 1.807) is 11.3 Å². The number of nitrogens with zero attached hydrogens (tertiary/aromatic N) is 2. The fourth-order valence-electron chi connectivity index (χ4n) is 6.98. The molecule has 0 bridgehead atoms. The van der Waals surface area contributed by atoms with Gasteiger partial charge in [-0.15, -0.1) is 5.73 Å². The molecule has 0 amide bonds. The van der Waals surface area contributed by atoms with Crippen molar-refractivity contribution in [3.05, 3.63) is 76.8 Å². The molecule has 2 fully saturated rings. The third-order valence-electron chi connectivity index (χ3n) is 9.32. The topological polar surface area (TPSA) is 6.48 Å². The molecule has 0 spiro atoms. The van der Waals surface area contributed by atoms with Crippen LogP contribution in [0.25, 0.3) is 0 Å². The summed E-state index contributed by atoms with van der Waals surface area (Å²) in [5, 5.41) is 0. The van der Waals surface area contributed by atoms with Crippen molar-refractivity contribution in [3.8, 4) is 0 Å². The summed E-state index contributed by atoms with van der Waals surface area (Å²) in [6.07, 6.45) is 18.9. The molecule has 1 unspecified atom stereocenters. The predicted molar refractivity (Wildman–Crippen MR) is 160 cm³/mol. The highest BCUT2D eigenvalue weighted by molar-refractivity contribution is 5.35. The minimum absolute atomic E-state index is 0.204. The number of benzene rings is 1. The SMILES string of the molecule is C=C=CN1CCCC2=CC=C(N(CC3CCCCC3)C[C@@H](c3ccc(C)c(CC)c3)C(C)(C)C)CC2C1. The quantitative estimate of drug-likeness (QED) is 0.329. The maximum absolute atomic E-state index is 3.84. The molecule has 202 valence electrons. The highest BCUT2D eigenvalue weighted by Gasteiger charge is 2.32. The summed E-state index contributed by atoms with van der Waals surface area (Å²) in [6, 6.07) is 7.30. The van der Waals surface area contributed by atoms with Crippen LogP contribution in [0.4, 0.5) is 0 Å². The van der Waals surface area contributed by atoms with Gasteiger partial charge < -0.3 is 9.80 Å². The van der Waals surface area contributed by atoms with Crippen LogP contribution in [-0.4, -0.2) is 36.0 Å². The Balaban J connectivity index is 1.63. The summed E-state index contributed by atoms with van der Waals surface area (Å²) in [4.78, 5) is 5.28. The number of hydrogen-bond acceptors (Lipinski definition) is 2. The first-order chi connectivity index (χ1) is 17.8. The largest absolute Gasteiger partial charge is 0.374 e. The van der Waals surface area contributed by atoms with Crippen LogP contribution in [0.2, 0.25) is 0 Å². The molecule has 0 radical (unpaired) electrons. The summed E-state index contributed by atoms with van der Waals surface area (Å²) in [7, 11) is 0. The third-order valence-corrected chi connectivity index (χ3v) is 9.32. The summed E-state index contributed by atoms with van der Waals surface area (Å²) in [5.41, 5.74) is 10.9. The van der Waals surface area contributed by atoms with Crippen LogP contribution in [0.1, 0.15) is 102 Å². The van der Waals surface area contributed by atoms with Gasteiger partial charge in [0.2, 0.25) is 0 Å². The molecule has 1 aliphatic heterocycles. The van der Waals surface area contributed by atoms with Gasteiger partial charge in [0, 0.05) is 49.9 Å². The Labute approximate surface area is 228 Å². The number of fused-ring (bicyclic) bond motifs is 1. The second-order valence-electron chi connectivity index (χ2n) is 13.1. The molecule has 1 aromatic rings. The van der Waals surface area contributed by atoms with Gasteiger partial charge in [-0.1, -0.05) is 83.4 Å². The lowest BCUT2D eigenvalue weighted by Crippen LogP contribution is -2.38. The Kier molecular flexibility index (Phi) is 9.46. The lowest BCUT2D eigenvalue weighted by Gasteiger charge is -2.41. The number of rotatable bonds is 8. The Morgan fingerprint density at radius 3 is 2.62 bits per heavy atom. The smallest absolute Gasteiger partial charge is 0.0417 e. The van der Waals surface area contributed by atoms with Crippen LogP contribution >= 0.6 is 0 Å². The van der Waals surface area contributed by atoms with E-state index in [-0.39, 0.29) is 5.41 Å². The van der Waals surface area contributed by atoms with Gasteiger partial charge in [-0.05, 0) is 79.5 Å². The van der Waals surface area contributed by atoms with Crippen LogP contribution in [0, 0.1) is 24.2 Å². The van der Waals surface area contributed by atoms with E-state index >= 15 is 0 Å². The molecule has 1 heterocycles. The van der Waals surface area contributed by atoms with E-state index in [1.807, 2.05) is 0 Å². The van der Waals surface area contributed by atoms with Crippen molar-refractivity contribution in [1.82, 2.24) is 9.80 Å². The molecular weight excluding hydrogens is 448 g/mol. The van der Waals surface area contributed by atoms with Gasteiger partial charge in [0.05, 0.1) is 0 Å². The van der Waals surface area contributed by atoms with Gasteiger partial charge >= 0.3 is 0 Å². The summed E-state index contributed by atoms with van der Waals surface area (Å²) >= 11 is 0. The molecule has 2 aliphatic carbocycles. The van der Waals surface area contributed by atoms with E-state index in [2.05, 4.69) is 93.3 Å². The van der Waals surface area contributed by atoms with E-state index in [1.165, 1.54) is 74.6 Å². The average Bonchev–Trinajstić information content (AvgIpc) is 3.08. The second kappa shape index (κ2) is 12.6. The molecule has 4 rings (SSSR count). The minimum Gasteiger partial charge on any atom is -0.374 e. The predicted octanol–water partition coefficient (Wildman–Crippen LogP) is 8.79. The van der Waals surface area contributed by atoms with Crippen molar-refractivity contribution in [2.45, 2.75) is 98.3 Å². The van der Waals surface area contributed by atoms with Crippen LogP contribution in [-0.2, 0) is 6.42 Å². The van der Waals surface area contributed by atoms with Gasteiger partial charge in [0.1, 0.15) is 0 Å². The molecule has 1 aromatic carbocycles. The Bertz CT molecular complexity index is 1010. The van der Waals surface area contributed by atoms with Crippen molar-refractivity contribution in [1.29, 1.82) is 0 Å². The number of aryl methyl sites for hydroxylation is 2. The Morgan fingerprint density at radius 1 is 1.14 bits per heavy atom. The van der Waals surface area contributed by atoms with E-state index in [0.29, 0.717) is 11.8 Å². The fourth-order valence-corrected chi connectivity index (χ4v) is 6.98. The monoisotopic (exact) mass is 500 g/mol. The first kappa shape index (κ1) is 27.8. The first-order valence-corrected chi connectivity index (χ1v) is 15.1. The van der Waals surface area contributed by atoms with Gasteiger partial charge in [-0.2, -0.15) is 0 Å². The molecule has 1 saturated heterocycles. The van der Waals surface area contributed by atoms with Crippen LogP contribution < -0.4 is 0 Å². The van der Waals surface area contributed by atoms with Crippen molar-refractivity contribution >= 4 is 0 Å². The molecule has 3 aliphatic rings. The Morgan fingerprint density at radius 2 is 1.92 bits per heavy atom. The van der Waals surface area contributed by atoms with E-state index in [0.717, 1.165) is 32.0 Å². The standard InChI is InChI=1S/C35H52N2/c1-7-20-36-21-12-15-30-18-19-33(23-32(30)25-36)37(24-28-13-10-9-11-14-28)26-34(35(4,5)6)31-17-16-27(3)29(8-2)22-31/h16-20,22,28,32,34H,1,8-15,21,23-26H2,2-6H3/t32?,34-/m0/s1. The summed E-state index contributed by atoms with van der Waals surface area (Å²) < 4.78 is 0. The average molecular weight is 501 g/mol. The van der Waals surface area contributed by atoms with Crippen molar-refractivity contribution in [2.24, 2.45) is 17.3 Å². The fraction of sp³-hybridized carbons (Fsp3) is 0.629. The molecule has 0 aromatic heterocycles. The zero-order valence-electron chi connectivity index (χ0n) is 24.5. The van der Waals surface area contributed by atoms with E-state index in [9.17, 15) is 0 Å². The summed E-state index contributed by atoms with van der Waals surface area (Å²) in [5.74, 6) is 1.95. The van der Waals surface area contributed by atoms with Crippen LogP contribution in [0.15, 0.2) is 60.1 Å². The molecule has 1 saturated carbocycles. The highest BCUT2D eigenvalue weighted by atomic mass is 15.1. The van der Waals surface area contributed by atoms with Crippen molar-refractivity contribution < 1.29 is 0 Å². The van der Waals surface area contributed by atoms with Crippen molar-refractivity contribution in [2.75, 3.05) is 26.2 Å². The summed E-state index contributed by atoms with van der Waals surface area (Å²) in [6.45, 7) is 20.3. The second-order valence-corrected chi connectivity index (χ2v) is 13.1. The normalized spacial score (nSPS) is 21.8. The zero-order chi connectivity index (χ0) is 26.4. The van der Waals surface area contributed by atoms with Crippen molar-refractivity contribution in [3.63, 3.8) is 0 Å². The highest BCUT2D eigenvalue weighted by Crippen LogP contribution is 2.40. The maximum atomic E-state index is 3.84. The van der Waals surface area contributed by atoms with Gasteiger partial charge in [-0.25, -0.2) is 0 Å². The van der Waals surface area contributed by atoms with Gasteiger partial charge in [0.25, 0.3) is 0 Å². The lowest BCUT2D eigenvalue weighted by atomic mass is 9.75. The molecule has 2 nitrogen and oxygen atoms in total. The first-order valence-electron chi connectivity index (χ1n) is 15.1. The lowest BCUT2D eigenvalue weighted by molar-refractivity contribution is 0.182. The van der Waals surface area contributed by atoms with Gasteiger partial charge in [-0.3, -0.25) is 0 Å². The molecular formula is C35H52N2. The minimum atomic E-state index is 0.204. The molecule has 2 atom stereocenters. The molecule has 0 N–H and O–H groups in total. The molecule has 2 heteroatoms. The maximum Gasteiger partial charge on any atom is 0.0417 e. The molecule has 37 heavy (non-hydrogen) atoms. The van der Waals surface area contributed by atoms with Crippen LogP contribution in [0.5, 0.6) is 0 Å². The number of hydrogen-bond donors (Lipinski definition) is 0.